The zero-order valence-corrected chi connectivity index (χ0v) is 67.4. The van der Waals surface area contributed by atoms with E-state index in [9.17, 15) is 0 Å². The summed E-state index contributed by atoms with van der Waals surface area (Å²) in [6, 6.07) is 112. The molecule has 1 aliphatic carbocycles. The van der Waals surface area contributed by atoms with Gasteiger partial charge in [0.1, 0.15) is 16.7 Å². The molecule has 540 valence electrons. The van der Waals surface area contributed by atoms with Crippen molar-refractivity contribution in [1.29, 1.82) is 0 Å². The first-order chi connectivity index (χ1) is 51.3. The van der Waals surface area contributed by atoms with Gasteiger partial charge in [0.25, 0.3) is 0 Å². The molecular formula is C103H102N2O2Si. The molecule has 1 unspecified atom stereocenters. The van der Waals surface area contributed by atoms with Crippen molar-refractivity contribution in [2.75, 3.05) is 9.80 Å². The molecule has 0 saturated carbocycles. The van der Waals surface area contributed by atoms with Crippen molar-refractivity contribution < 1.29 is 8.83 Å². The summed E-state index contributed by atoms with van der Waals surface area (Å²) >= 11 is 0. The van der Waals surface area contributed by atoms with Crippen molar-refractivity contribution in [1.82, 2.24) is 0 Å². The van der Waals surface area contributed by atoms with Crippen LogP contribution in [0.25, 0.3) is 55.0 Å². The highest BCUT2D eigenvalue weighted by Crippen LogP contribution is 2.65. The third-order valence-electron chi connectivity index (χ3n) is 23.3. The maximum atomic E-state index is 7.84. The van der Waals surface area contributed by atoms with Gasteiger partial charge >= 0.3 is 0 Å². The Morgan fingerprint density at radius 1 is 0.259 bits per heavy atom. The quantitative estimate of drug-likeness (QED) is 0.0901. The van der Waals surface area contributed by atoms with E-state index in [1.807, 2.05) is 0 Å². The molecule has 0 amide bonds. The van der Waals surface area contributed by atoms with E-state index < -0.39 is 13.5 Å². The van der Waals surface area contributed by atoms with Gasteiger partial charge in [0.2, 0.25) is 0 Å². The standard InChI is InChI=1S/C103H102N2O2Si/c1-97(2,3)67-37-39-73(40-38-67)103(74-51-63-82(64-52-74)108(79-57-45-70(46-58-79)100(10,11)12,80-59-47-71(48-60-80)101(13,14)15)81-61-49-72(50-62-81)102(16,17)18)85-66-88(105(76-31-23-20-24-32-76)78-55-43-69(44-56-78)99(7,8)9)95-92(84-34-26-28-36-90(84)106-95)93(85)94-86(103)65-87(91-83-33-25-27-35-89(83)107-96(91)94)104(75-29-21-19-22-30-75)77-53-41-68(42-54-77)98(4,5)6/h19-66H,1-18H3. The molecule has 15 aromatic rings. The minimum Gasteiger partial charge on any atom is -0.455 e. The van der Waals surface area contributed by atoms with E-state index in [-0.39, 0.29) is 32.5 Å². The molecule has 0 N–H and O–H groups in total. The van der Waals surface area contributed by atoms with Gasteiger partial charge in [0, 0.05) is 50.0 Å². The molecule has 0 fully saturated rings. The number of para-hydroxylation sites is 4. The Kier molecular flexibility index (Phi) is 17.2. The van der Waals surface area contributed by atoms with Crippen LogP contribution >= 0.6 is 0 Å². The number of hydrogen-bond acceptors (Lipinski definition) is 4. The van der Waals surface area contributed by atoms with Crippen molar-refractivity contribution in [3.05, 3.63) is 347 Å². The van der Waals surface area contributed by atoms with Crippen LogP contribution in [0.2, 0.25) is 0 Å². The number of rotatable bonds is 12. The molecule has 1 aliphatic rings. The first-order valence-electron chi connectivity index (χ1n) is 38.8. The van der Waals surface area contributed by atoms with E-state index in [0.717, 1.165) is 111 Å². The number of fused-ring (bicyclic) bond motifs is 11. The molecule has 5 heteroatoms. The molecule has 2 aromatic heterocycles. The number of nitrogens with zero attached hydrogens (tertiary/aromatic N) is 2. The summed E-state index contributed by atoms with van der Waals surface area (Å²) in [6.07, 6.45) is 0. The fourth-order valence-electron chi connectivity index (χ4n) is 17.2. The van der Waals surface area contributed by atoms with E-state index in [1.165, 1.54) is 54.1 Å². The maximum Gasteiger partial charge on any atom is 0.179 e. The molecule has 0 spiro atoms. The summed E-state index contributed by atoms with van der Waals surface area (Å²) in [5.74, 6) is 0. The van der Waals surface area contributed by atoms with Crippen LogP contribution in [0.3, 0.4) is 0 Å². The summed E-state index contributed by atoms with van der Waals surface area (Å²) in [6.45, 7) is 41.7. The van der Waals surface area contributed by atoms with Crippen molar-refractivity contribution in [3.63, 3.8) is 0 Å². The van der Waals surface area contributed by atoms with Crippen molar-refractivity contribution in [2.24, 2.45) is 0 Å². The molecule has 2 heterocycles. The zero-order valence-electron chi connectivity index (χ0n) is 66.4. The summed E-state index contributed by atoms with van der Waals surface area (Å²) in [4.78, 5) is 4.93. The number of furan rings is 2. The number of hydrogen-bond donors (Lipinski definition) is 0. The summed E-state index contributed by atoms with van der Waals surface area (Å²) in [5, 5.41) is 9.44. The Labute approximate surface area is 641 Å². The Balaban J connectivity index is 1.10. The lowest BCUT2D eigenvalue weighted by atomic mass is 9.67. The van der Waals surface area contributed by atoms with E-state index >= 15 is 0 Å². The van der Waals surface area contributed by atoms with E-state index in [1.54, 1.807) is 0 Å². The van der Waals surface area contributed by atoms with Crippen LogP contribution in [-0.4, -0.2) is 8.07 Å². The second-order valence-electron chi connectivity index (χ2n) is 36.6. The highest BCUT2D eigenvalue weighted by atomic mass is 28.3. The highest BCUT2D eigenvalue weighted by Gasteiger charge is 2.52. The molecule has 16 rings (SSSR count). The average Bonchev–Trinajstić information content (AvgIpc) is 1.49. The molecular weight excluding hydrogens is 1330 g/mol. The normalized spacial score (nSPS) is 14.4. The molecule has 4 nitrogen and oxygen atoms in total. The Hall–Kier alpha value is -10.7. The lowest BCUT2D eigenvalue weighted by molar-refractivity contribution is 0.589. The average molecular weight is 1430 g/mol. The van der Waals surface area contributed by atoms with Gasteiger partial charge in [-0.05, 0) is 182 Å². The maximum absolute atomic E-state index is 7.84. The van der Waals surface area contributed by atoms with Crippen LogP contribution < -0.4 is 30.5 Å². The van der Waals surface area contributed by atoms with E-state index in [0.29, 0.717) is 0 Å². The molecule has 0 radical (unpaired) electrons. The second kappa shape index (κ2) is 26.0. The Morgan fingerprint density at radius 3 is 0.917 bits per heavy atom. The van der Waals surface area contributed by atoms with Crippen LogP contribution in [0.5, 0.6) is 0 Å². The molecule has 0 bridgehead atoms. The van der Waals surface area contributed by atoms with Gasteiger partial charge in [-0.1, -0.05) is 343 Å². The third-order valence-corrected chi connectivity index (χ3v) is 28.1. The van der Waals surface area contributed by atoms with Gasteiger partial charge in [0.05, 0.1) is 22.2 Å². The zero-order chi connectivity index (χ0) is 75.8. The lowest BCUT2D eigenvalue weighted by Crippen LogP contribution is -2.74. The SMILES string of the molecule is CC(C)(C)c1ccc(N(c2ccccc2)c2cc3c(c4c2oc2ccccc24)-c2c(cc(N(c4ccccc4)c4ccc(C(C)(C)C)cc4)c4c2oc2ccccc24)C3(c2ccc(C(C)(C)C)cc2)c2ccc([Si](c3ccc(C(C)(C)C)cc3)(c3ccc(C(C)(C)C)cc3)c3ccc(C(C)(C)C)cc3)cc2)cc1. The fourth-order valence-corrected chi connectivity index (χ4v) is 21.9. The summed E-state index contributed by atoms with van der Waals surface area (Å²) in [5.41, 5.74) is 22.2. The topological polar surface area (TPSA) is 32.8 Å². The van der Waals surface area contributed by atoms with Gasteiger partial charge in [-0.2, -0.15) is 0 Å². The highest BCUT2D eigenvalue weighted by molar-refractivity contribution is 7.19. The van der Waals surface area contributed by atoms with Gasteiger partial charge in [0.15, 0.2) is 13.7 Å². The van der Waals surface area contributed by atoms with Crippen LogP contribution in [0, 0.1) is 0 Å². The molecule has 13 aromatic carbocycles. The largest absolute Gasteiger partial charge is 0.455 e. The molecule has 1 atom stereocenters. The van der Waals surface area contributed by atoms with Crippen molar-refractivity contribution in [3.8, 4) is 11.1 Å². The molecule has 108 heavy (non-hydrogen) atoms. The van der Waals surface area contributed by atoms with Gasteiger partial charge in [-0.25, -0.2) is 0 Å². The minimum absolute atomic E-state index is 0.0492. The Bertz CT molecular complexity index is 5710. The van der Waals surface area contributed by atoms with Crippen molar-refractivity contribution in [2.45, 2.75) is 163 Å². The van der Waals surface area contributed by atoms with Gasteiger partial charge in [-0.15, -0.1) is 0 Å². The van der Waals surface area contributed by atoms with Crippen LogP contribution in [0.1, 0.15) is 180 Å². The van der Waals surface area contributed by atoms with Crippen LogP contribution in [0.15, 0.2) is 300 Å². The Morgan fingerprint density at radius 2 is 0.537 bits per heavy atom. The second-order valence-corrected chi connectivity index (χ2v) is 40.4. The van der Waals surface area contributed by atoms with Crippen LogP contribution in [-0.2, 0) is 37.9 Å². The number of benzene rings is 13. The smallest absolute Gasteiger partial charge is 0.179 e. The summed E-state index contributed by atoms with van der Waals surface area (Å²) in [7, 11) is -3.27. The fraction of sp³-hybridized carbons (Fsp3) is 0.243. The first-order valence-corrected chi connectivity index (χ1v) is 40.8. The van der Waals surface area contributed by atoms with Gasteiger partial charge in [-0.3, -0.25) is 0 Å². The molecule has 0 saturated heterocycles. The first kappa shape index (κ1) is 71.5. The summed E-state index contributed by atoms with van der Waals surface area (Å²) < 4.78 is 15.5. The monoisotopic (exact) mass is 1430 g/mol. The van der Waals surface area contributed by atoms with Crippen LogP contribution in [0.4, 0.5) is 34.1 Å². The molecule has 0 aliphatic heterocycles. The predicted molar refractivity (Wildman–Crippen MR) is 463 cm³/mol. The van der Waals surface area contributed by atoms with E-state index in [4.69, 9.17) is 8.83 Å². The van der Waals surface area contributed by atoms with Gasteiger partial charge < -0.3 is 18.6 Å². The number of anilines is 6. The predicted octanol–water partition coefficient (Wildman–Crippen LogP) is 26.0. The van der Waals surface area contributed by atoms with Crippen molar-refractivity contribution >= 4 is 107 Å². The minimum atomic E-state index is -3.27. The third kappa shape index (κ3) is 12.0. The van der Waals surface area contributed by atoms with E-state index in [2.05, 4.69) is 426 Å². The lowest BCUT2D eigenvalue weighted by Gasteiger charge is -2.38.